The summed E-state index contributed by atoms with van der Waals surface area (Å²) in [6, 6.07) is 12.5. The van der Waals surface area contributed by atoms with Gasteiger partial charge >= 0.3 is 0 Å². The highest BCUT2D eigenvalue weighted by molar-refractivity contribution is 6.31. The Morgan fingerprint density at radius 1 is 1.20 bits per heavy atom. The van der Waals surface area contributed by atoms with E-state index in [1.54, 1.807) is 37.6 Å². The van der Waals surface area contributed by atoms with E-state index in [0.717, 1.165) is 16.7 Å². The Balaban J connectivity index is 2.12. The topological polar surface area (TPSA) is 42.1 Å². The van der Waals surface area contributed by atoms with Gasteiger partial charge in [0.05, 0.1) is 7.11 Å². The number of nitrogens with one attached hydrogen (secondary N) is 1. The maximum atomic E-state index is 12.6. The van der Waals surface area contributed by atoms with Gasteiger partial charge in [0.2, 0.25) is 0 Å². The van der Waals surface area contributed by atoms with Crippen molar-refractivity contribution in [1.82, 2.24) is 4.98 Å². The van der Waals surface area contributed by atoms with Gasteiger partial charge in [0.25, 0.3) is 0 Å². The molecule has 1 aromatic heterocycles. The van der Waals surface area contributed by atoms with Gasteiger partial charge in [-0.2, -0.15) is 0 Å². The summed E-state index contributed by atoms with van der Waals surface area (Å²) in [5.74, 6) is 0.657. The van der Waals surface area contributed by atoms with Crippen molar-refractivity contribution in [2.45, 2.75) is 0 Å². The maximum Gasteiger partial charge on any atom is 0.195 e. The number of fused-ring (bicyclic) bond motifs is 1. The van der Waals surface area contributed by atoms with E-state index in [2.05, 4.69) is 4.98 Å². The van der Waals surface area contributed by atoms with Gasteiger partial charge in [-0.05, 0) is 30.3 Å². The van der Waals surface area contributed by atoms with E-state index < -0.39 is 0 Å². The quantitative estimate of drug-likeness (QED) is 0.737. The fourth-order valence-corrected chi connectivity index (χ4v) is 2.39. The first-order chi connectivity index (χ1) is 9.69. The fourth-order valence-electron chi connectivity index (χ4n) is 2.20. The van der Waals surface area contributed by atoms with Crippen LogP contribution in [0.1, 0.15) is 15.9 Å². The highest BCUT2D eigenvalue weighted by Gasteiger charge is 2.15. The SMILES string of the molecule is COc1ccc2[nH]cc(C(=O)c3cccc(Cl)c3)c2c1. The van der Waals surface area contributed by atoms with Gasteiger partial charge in [0.15, 0.2) is 5.78 Å². The van der Waals surface area contributed by atoms with Crippen LogP contribution in [0.15, 0.2) is 48.7 Å². The van der Waals surface area contributed by atoms with Crippen LogP contribution >= 0.6 is 11.6 Å². The minimum absolute atomic E-state index is 0.0630. The van der Waals surface area contributed by atoms with Crippen molar-refractivity contribution in [2.24, 2.45) is 0 Å². The largest absolute Gasteiger partial charge is 0.497 e. The molecule has 3 nitrogen and oxygen atoms in total. The van der Waals surface area contributed by atoms with Crippen molar-refractivity contribution >= 4 is 28.3 Å². The Morgan fingerprint density at radius 3 is 2.80 bits per heavy atom. The second kappa shape index (κ2) is 5.02. The van der Waals surface area contributed by atoms with E-state index in [1.165, 1.54) is 0 Å². The monoisotopic (exact) mass is 285 g/mol. The highest BCUT2D eigenvalue weighted by Crippen LogP contribution is 2.26. The lowest BCUT2D eigenvalue weighted by molar-refractivity contribution is 0.104. The first-order valence-electron chi connectivity index (χ1n) is 6.14. The summed E-state index contributed by atoms with van der Waals surface area (Å²) in [6.45, 7) is 0. The molecule has 0 amide bonds. The zero-order valence-electron chi connectivity index (χ0n) is 10.8. The van der Waals surface area contributed by atoms with Crippen LogP contribution in [0.5, 0.6) is 5.75 Å². The number of ether oxygens (including phenoxy) is 1. The molecule has 0 aliphatic heterocycles. The number of H-pyrrole nitrogens is 1. The molecule has 0 unspecified atom stereocenters. The van der Waals surface area contributed by atoms with E-state index >= 15 is 0 Å². The van der Waals surface area contributed by atoms with E-state index in [1.807, 2.05) is 18.2 Å². The van der Waals surface area contributed by atoms with Crippen molar-refractivity contribution in [1.29, 1.82) is 0 Å². The second-order valence-corrected chi connectivity index (χ2v) is 4.89. The van der Waals surface area contributed by atoms with Gasteiger partial charge in [-0.3, -0.25) is 4.79 Å². The third-order valence-corrected chi connectivity index (χ3v) is 3.46. The molecule has 3 aromatic rings. The Hall–Kier alpha value is -2.26. The third-order valence-electron chi connectivity index (χ3n) is 3.22. The molecule has 0 spiro atoms. The Kier molecular flexibility index (Phi) is 3.20. The van der Waals surface area contributed by atoms with Gasteiger partial charge in [-0.25, -0.2) is 0 Å². The summed E-state index contributed by atoms with van der Waals surface area (Å²) in [5.41, 5.74) is 2.08. The molecular formula is C16H12ClNO2. The van der Waals surface area contributed by atoms with E-state index in [4.69, 9.17) is 16.3 Å². The number of benzene rings is 2. The number of rotatable bonds is 3. The number of aromatic amines is 1. The molecule has 2 aromatic carbocycles. The number of aromatic nitrogens is 1. The highest BCUT2D eigenvalue weighted by atomic mass is 35.5. The number of halogens is 1. The lowest BCUT2D eigenvalue weighted by Gasteiger charge is -2.02. The summed E-state index contributed by atoms with van der Waals surface area (Å²) >= 11 is 5.94. The lowest BCUT2D eigenvalue weighted by Crippen LogP contribution is -2.00. The van der Waals surface area contributed by atoms with Gasteiger partial charge in [-0.1, -0.05) is 23.7 Å². The molecule has 0 saturated carbocycles. The predicted molar refractivity (Wildman–Crippen MR) is 79.7 cm³/mol. The number of hydrogen-bond donors (Lipinski definition) is 1. The van der Waals surface area contributed by atoms with Crippen LogP contribution in [0, 0.1) is 0 Å². The van der Waals surface area contributed by atoms with Crippen LogP contribution in [0.3, 0.4) is 0 Å². The standard InChI is InChI=1S/C16H12ClNO2/c1-20-12-5-6-15-13(8-12)14(9-18-15)16(19)10-3-2-4-11(17)7-10/h2-9,18H,1H3. The minimum Gasteiger partial charge on any atom is -0.497 e. The van der Waals surface area contributed by atoms with E-state index in [-0.39, 0.29) is 5.78 Å². The van der Waals surface area contributed by atoms with Gasteiger partial charge in [0.1, 0.15) is 5.75 Å². The lowest BCUT2D eigenvalue weighted by atomic mass is 10.0. The first kappa shape index (κ1) is 12.8. The third kappa shape index (κ3) is 2.17. The molecule has 1 N–H and O–H groups in total. The second-order valence-electron chi connectivity index (χ2n) is 4.45. The number of carbonyl (C=O) groups is 1. The number of carbonyl (C=O) groups excluding carboxylic acids is 1. The molecule has 0 aliphatic rings. The van der Waals surface area contributed by atoms with Crippen LogP contribution in [0.25, 0.3) is 10.9 Å². The summed E-state index contributed by atoms with van der Waals surface area (Å²) in [6.07, 6.45) is 1.72. The average Bonchev–Trinajstić information content (AvgIpc) is 2.89. The summed E-state index contributed by atoms with van der Waals surface area (Å²) in [7, 11) is 1.60. The predicted octanol–water partition coefficient (Wildman–Crippen LogP) is 4.06. The molecule has 0 atom stereocenters. The summed E-state index contributed by atoms with van der Waals surface area (Å²) < 4.78 is 5.20. The van der Waals surface area contributed by atoms with Crippen molar-refractivity contribution in [3.63, 3.8) is 0 Å². The molecule has 3 rings (SSSR count). The minimum atomic E-state index is -0.0630. The van der Waals surface area contributed by atoms with Crippen LogP contribution in [-0.2, 0) is 0 Å². The molecule has 20 heavy (non-hydrogen) atoms. The molecular weight excluding hydrogens is 274 g/mol. The fraction of sp³-hybridized carbons (Fsp3) is 0.0625. The Bertz CT molecular complexity index is 792. The summed E-state index contributed by atoms with van der Waals surface area (Å²) in [5, 5.41) is 1.39. The number of methoxy groups -OCH3 is 1. The van der Waals surface area contributed by atoms with Crippen molar-refractivity contribution in [3.05, 3.63) is 64.8 Å². The number of ketones is 1. The molecule has 0 radical (unpaired) electrons. The zero-order chi connectivity index (χ0) is 14.1. The molecule has 0 fully saturated rings. The van der Waals surface area contributed by atoms with Gasteiger partial charge in [-0.15, -0.1) is 0 Å². The van der Waals surface area contributed by atoms with Gasteiger partial charge < -0.3 is 9.72 Å². The smallest absolute Gasteiger partial charge is 0.195 e. The molecule has 1 heterocycles. The van der Waals surface area contributed by atoms with Crippen molar-refractivity contribution in [2.75, 3.05) is 7.11 Å². The van der Waals surface area contributed by atoms with Crippen LogP contribution in [0.2, 0.25) is 5.02 Å². The maximum absolute atomic E-state index is 12.6. The van der Waals surface area contributed by atoms with E-state index in [9.17, 15) is 4.79 Å². The molecule has 0 saturated heterocycles. The molecule has 4 heteroatoms. The average molecular weight is 286 g/mol. The number of hydrogen-bond acceptors (Lipinski definition) is 2. The molecule has 0 aliphatic carbocycles. The summed E-state index contributed by atoms with van der Waals surface area (Å²) in [4.78, 5) is 15.6. The molecule has 100 valence electrons. The van der Waals surface area contributed by atoms with Gasteiger partial charge in [0, 0.05) is 33.2 Å². The zero-order valence-corrected chi connectivity index (χ0v) is 11.6. The first-order valence-corrected chi connectivity index (χ1v) is 6.52. The Morgan fingerprint density at radius 2 is 2.05 bits per heavy atom. The van der Waals surface area contributed by atoms with Crippen LogP contribution in [-0.4, -0.2) is 17.9 Å². The normalized spacial score (nSPS) is 10.7. The van der Waals surface area contributed by atoms with Crippen molar-refractivity contribution < 1.29 is 9.53 Å². The van der Waals surface area contributed by atoms with Crippen LogP contribution in [0.4, 0.5) is 0 Å². The molecule has 0 bridgehead atoms. The van der Waals surface area contributed by atoms with Crippen molar-refractivity contribution in [3.8, 4) is 5.75 Å². The Labute approximate surface area is 121 Å². The van der Waals surface area contributed by atoms with Crippen LogP contribution < -0.4 is 4.74 Å². The van der Waals surface area contributed by atoms with E-state index in [0.29, 0.717) is 16.1 Å².